The predicted molar refractivity (Wildman–Crippen MR) is 89.7 cm³/mol. The van der Waals surface area contributed by atoms with Crippen molar-refractivity contribution in [3.63, 3.8) is 0 Å². The van der Waals surface area contributed by atoms with Crippen LogP contribution in [0.25, 0.3) is 21.5 Å². The molecular weight excluding hydrogens is 276 g/mol. The second kappa shape index (κ2) is 6.39. The summed E-state index contributed by atoms with van der Waals surface area (Å²) in [6.45, 7) is 4.47. The zero-order chi connectivity index (χ0) is 15.4. The number of fused-ring (bicyclic) bond motifs is 2. The average Bonchev–Trinajstić information content (AvgIpc) is 2.58. The van der Waals surface area contributed by atoms with Gasteiger partial charge in [-0.05, 0) is 0 Å². The van der Waals surface area contributed by atoms with Crippen LogP contribution < -0.4 is 9.47 Å². The van der Waals surface area contributed by atoms with Crippen LogP contribution in [-0.4, -0.2) is 20.3 Å². The highest BCUT2D eigenvalue weighted by atomic mass is 16.5. The van der Waals surface area contributed by atoms with E-state index in [1.165, 1.54) is 6.26 Å². The van der Waals surface area contributed by atoms with Crippen LogP contribution in [0.4, 0.5) is 0 Å². The standard InChI is InChI=1S/C19H18O3/c1-3-21-12-13-22-19-16-10-6-4-8-14(16)18(20-2)15-9-5-7-11-17(15)19/h3-11H,1,12-13H2,2H3. The Bertz CT molecular complexity index is 751. The molecule has 0 spiro atoms. The fourth-order valence-electron chi connectivity index (χ4n) is 2.70. The first kappa shape index (κ1) is 14.3. The maximum absolute atomic E-state index is 6.01. The Morgan fingerprint density at radius 1 is 0.818 bits per heavy atom. The monoisotopic (exact) mass is 294 g/mol. The largest absolute Gasteiger partial charge is 0.498 e. The first-order chi connectivity index (χ1) is 10.9. The molecule has 0 bridgehead atoms. The van der Waals surface area contributed by atoms with Gasteiger partial charge >= 0.3 is 0 Å². The van der Waals surface area contributed by atoms with Gasteiger partial charge in [0, 0.05) is 21.5 Å². The maximum atomic E-state index is 6.01. The van der Waals surface area contributed by atoms with Crippen molar-refractivity contribution in [1.82, 2.24) is 0 Å². The molecule has 0 aromatic heterocycles. The summed E-state index contributed by atoms with van der Waals surface area (Å²) >= 11 is 0. The molecule has 3 aromatic rings. The van der Waals surface area contributed by atoms with Crippen molar-refractivity contribution in [3.05, 3.63) is 61.4 Å². The molecule has 0 amide bonds. The van der Waals surface area contributed by atoms with Gasteiger partial charge in [0.15, 0.2) is 0 Å². The van der Waals surface area contributed by atoms with Crippen molar-refractivity contribution >= 4 is 21.5 Å². The number of methoxy groups -OCH3 is 1. The minimum absolute atomic E-state index is 0.465. The maximum Gasteiger partial charge on any atom is 0.135 e. The summed E-state index contributed by atoms with van der Waals surface area (Å²) < 4.78 is 16.8. The van der Waals surface area contributed by atoms with Gasteiger partial charge in [0.2, 0.25) is 0 Å². The van der Waals surface area contributed by atoms with E-state index in [4.69, 9.17) is 14.2 Å². The number of rotatable bonds is 6. The Kier molecular flexibility index (Phi) is 4.15. The van der Waals surface area contributed by atoms with Crippen LogP contribution in [0.3, 0.4) is 0 Å². The third-order valence-electron chi connectivity index (χ3n) is 3.60. The molecule has 0 aliphatic carbocycles. The van der Waals surface area contributed by atoms with E-state index in [2.05, 4.69) is 6.58 Å². The molecule has 112 valence electrons. The number of hydrogen-bond donors (Lipinski definition) is 0. The normalized spacial score (nSPS) is 10.6. The number of ether oxygens (including phenoxy) is 3. The highest BCUT2D eigenvalue weighted by molar-refractivity contribution is 6.11. The molecule has 0 N–H and O–H groups in total. The lowest BCUT2D eigenvalue weighted by Crippen LogP contribution is -2.05. The van der Waals surface area contributed by atoms with E-state index >= 15 is 0 Å². The van der Waals surface area contributed by atoms with E-state index in [0.717, 1.165) is 33.0 Å². The van der Waals surface area contributed by atoms with Gasteiger partial charge in [-0.3, -0.25) is 0 Å². The molecule has 0 saturated carbocycles. The Morgan fingerprint density at radius 2 is 1.32 bits per heavy atom. The van der Waals surface area contributed by atoms with Crippen molar-refractivity contribution in [2.75, 3.05) is 20.3 Å². The van der Waals surface area contributed by atoms with Crippen molar-refractivity contribution in [2.45, 2.75) is 0 Å². The van der Waals surface area contributed by atoms with Gasteiger partial charge in [0.05, 0.1) is 13.4 Å². The molecule has 22 heavy (non-hydrogen) atoms. The number of hydrogen-bond acceptors (Lipinski definition) is 3. The number of benzene rings is 3. The molecule has 3 rings (SSSR count). The van der Waals surface area contributed by atoms with E-state index in [9.17, 15) is 0 Å². The summed E-state index contributed by atoms with van der Waals surface area (Å²) in [6.07, 6.45) is 1.42. The van der Waals surface area contributed by atoms with Gasteiger partial charge in [0.25, 0.3) is 0 Å². The summed E-state index contributed by atoms with van der Waals surface area (Å²) in [6, 6.07) is 16.2. The van der Waals surface area contributed by atoms with Gasteiger partial charge in [-0.15, -0.1) is 0 Å². The van der Waals surface area contributed by atoms with Crippen molar-refractivity contribution < 1.29 is 14.2 Å². The van der Waals surface area contributed by atoms with E-state index in [-0.39, 0.29) is 0 Å². The van der Waals surface area contributed by atoms with Crippen LogP contribution in [0.2, 0.25) is 0 Å². The van der Waals surface area contributed by atoms with Crippen molar-refractivity contribution in [3.8, 4) is 11.5 Å². The molecule has 0 fully saturated rings. The average molecular weight is 294 g/mol. The Balaban J connectivity index is 2.20. The quantitative estimate of drug-likeness (QED) is 0.379. The molecule has 0 radical (unpaired) electrons. The van der Waals surface area contributed by atoms with Gasteiger partial charge in [0.1, 0.15) is 24.7 Å². The second-order valence-electron chi connectivity index (χ2n) is 4.84. The SMILES string of the molecule is C=COCCOc1c2ccccc2c(OC)c2ccccc12. The summed E-state index contributed by atoms with van der Waals surface area (Å²) in [7, 11) is 1.70. The second-order valence-corrected chi connectivity index (χ2v) is 4.84. The molecule has 0 aliphatic rings. The molecule has 0 atom stereocenters. The topological polar surface area (TPSA) is 27.7 Å². The third kappa shape index (κ3) is 2.46. The van der Waals surface area contributed by atoms with Gasteiger partial charge in [-0.25, -0.2) is 0 Å². The molecule has 0 saturated heterocycles. The van der Waals surface area contributed by atoms with Crippen LogP contribution in [0.15, 0.2) is 61.4 Å². The fourth-order valence-corrected chi connectivity index (χ4v) is 2.70. The summed E-state index contributed by atoms with van der Waals surface area (Å²) in [5.74, 6) is 1.74. The van der Waals surface area contributed by atoms with Crippen LogP contribution in [0.5, 0.6) is 11.5 Å². The van der Waals surface area contributed by atoms with E-state index in [1.54, 1.807) is 7.11 Å². The Hall–Kier alpha value is -2.68. The Labute approximate surface area is 129 Å². The lowest BCUT2D eigenvalue weighted by molar-refractivity contribution is 0.182. The summed E-state index contributed by atoms with van der Waals surface area (Å²) in [4.78, 5) is 0. The van der Waals surface area contributed by atoms with Gasteiger partial charge in [-0.1, -0.05) is 55.1 Å². The van der Waals surface area contributed by atoms with Crippen molar-refractivity contribution in [2.24, 2.45) is 0 Å². The molecule has 0 heterocycles. The van der Waals surface area contributed by atoms with Crippen molar-refractivity contribution in [1.29, 1.82) is 0 Å². The lowest BCUT2D eigenvalue weighted by atomic mass is 10.0. The smallest absolute Gasteiger partial charge is 0.135 e. The highest BCUT2D eigenvalue weighted by Gasteiger charge is 2.14. The first-order valence-corrected chi connectivity index (χ1v) is 7.19. The molecular formula is C19H18O3. The van der Waals surface area contributed by atoms with Gasteiger partial charge in [-0.2, -0.15) is 0 Å². The minimum Gasteiger partial charge on any atom is -0.498 e. The van der Waals surface area contributed by atoms with Crippen LogP contribution in [-0.2, 0) is 4.74 Å². The first-order valence-electron chi connectivity index (χ1n) is 7.19. The fraction of sp³-hybridized carbons (Fsp3) is 0.158. The van der Waals surface area contributed by atoms with Crippen LogP contribution in [0.1, 0.15) is 0 Å². The van der Waals surface area contributed by atoms with Gasteiger partial charge < -0.3 is 14.2 Å². The Morgan fingerprint density at radius 3 is 1.77 bits per heavy atom. The zero-order valence-corrected chi connectivity index (χ0v) is 12.5. The van der Waals surface area contributed by atoms with E-state index in [1.807, 2.05) is 48.5 Å². The zero-order valence-electron chi connectivity index (χ0n) is 12.5. The predicted octanol–water partition coefficient (Wildman–Crippen LogP) is 4.54. The van der Waals surface area contributed by atoms with E-state index < -0.39 is 0 Å². The molecule has 3 nitrogen and oxygen atoms in total. The van der Waals surface area contributed by atoms with E-state index in [0.29, 0.717) is 13.2 Å². The van der Waals surface area contributed by atoms with Crippen LogP contribution in [0, 0.1) is 0 Å². The summed E-state index contributed by atoms with van der Waals surface area (Å²) in [5, 5.41) is 4.17. The highest BCUT2D eigenvalue weighted by Crippen LogP contribution is 2.42. The molecule has 0 unspecified atom stereocenters. The third-order valence-corrected chi connectivity index (χ3v) is 3.60. The molecule has 3 heteroatoms. The minimum atomic E-state index is 0.465. The lowest BCUT2D eigenvalue weighted by Gasteiger charge is -2.16. The van der Waals surface area contributed by atoms with Crippen LogP contribution >= 0.6 is 0 Å². The molecule has 3 aromatic carbocycles. The molecule has 0 aliphatic heterocycles. The summed E-state index contributed by atoms with van der Waals surface area (Å²) in [5.41, 5.74) is 0.